The summed E-state index contributed by atoms with van der Waals surface area (Å²) in [6.07, 6.45) is -21.5. The van der Waals surface area contributed by atoms with Crippen LogP contribution in [0.3, 0.4) is 0 Å². The largest absolute Gasteiger partial charge is 0.457 e. The average Bonchev–Trinajstić information content (AvgIpc) is 1.93. The molecular formula is C6HF11. The third-order valence-corrected chi connectivity index (χ3v) is 1.31. The molecule has 0 heterocycles. The normalized spacial score (nSPS) is 14.8. The minimum absolute atomic E-state index is 2.19. The van der Waals surface area contributed by atoms with Crippen molar-refractivity contribution in [1.82, 2.24) is 0 Å². The van der Waals surface area contributed by atoms with E-state index in [1.165, 1.54) is 0 Å². The molecule has 0 saturated heterocycles. The van der Waals surface area contributed by atoms with Gasteiger partial charge in [-0.2, -0.15) is 48.3 Å². The van der Waals surface area contributed by atoms with Crippen molar-refractivity contribution in [3.8, 4) is 0 Å². The zero-order valence-electron chi connectivity index (χ0n) is 7.23. The summed E-state index contributed by atoms with van der Waals surface area (Å²) in [5.74, 6) is -6.23. The molecule has 0 nitrogen and oxygen atoms in total. The van der Waals surface area contributed by atoms with Gasteiger partial charge in [-0.05, 0) is 0 Å². The van der Waals surface area contributed by atoms with Gasteiger partial charge >= 0.3 is 24.5 Å². The van der Waals surface area contributed by atoms with E-state index in [0.29, 0.717) is 0 Å². The second-order valence-corrected chi connectivity index (χ2v) is 2.67. The van der Waals surface area contributed by atoms with Crippen molar-refractivity contribution in [2.45, 2.75) is 24.5 Å². The van der Waals surface area contributed by atoms with Gasteiger partial charge in [0.15, 0.2) is 0 Å². The number of hydrogen-bond acceptors (Lipinski definition) is 0. The van der Waals surface area contributed by atoms with Crippen LogP contribution in [0.4, 0.5) is 48.3 Å². The molecule has 17 heavy (non-hydrogen) atoms. The second kappa shape index (κ2) is 4.02. The maximum atomic E-state index is 12.0. The van der Waals surface area contributed by atoms with Gasteiger partial charge in [0.25, 0.3) is 0 Å². The van der Waals surface area contributed by atoms with E-state index >= 15 is 0 Å². The molecule has 0 bridgehead atoms. The predicted octanol–water partition coefficient (Wildman–Crippen LogP) is 4.24. The molecule has 0 spiro atoms. The standard InChI is InChI=1S/C6HF11/c7-3(8,6(15,16)17)1-2(4(9,10)11)5(12,13)14/h1H. The second-order valence-electron chi connectivity index (χ2n) is 2.67. The highest BCUT2D eigenvalue weighted by Crippen LogP contribution is 2.44. The van der Waals surface area contributed by atoms with E-state index in [0.717, 1.165) is 0 Å². The highest BCUT2D eigenvalue weighted by atomic mass is 19.4. The van der Waals surface area contributed by atoms with E-state index in [-0.39, 0.29) is 0 Å². The lowest BCUT2D eigenvalue weighted by Gasteiger charge is -2.20. The number of alkyl halides is 11. The molecule has 0 amide bonds. The summed E-state index contributed by atoms with van der Waals surface area (Å²) in [5.41, 5.74) is -3.91. The van der Waals surface area contributed by atoms with E-state index in [2.05, 4.69) is 0 Å². The molecule has 0 aromatic heterocycles. The Labute approximate surface area is 85.7 Å². The van der Waals surface area contributed by atoms with E-state index in [4.69, 9.17) is 0 Å². The number of allylic oxidation sites excluding steroid dienone is 2. The average molecular weight is 282 g/mol. The van der Waals surface area contributed by atoms with Gasteiger partial charge in [0.05, 0.1) is 0 Å². The summed E-state index contributed by atoms with van der Waals surface area (Å²) in [6.45, 7) is 0. The molecule has 0 N–H and O–H groups in total. The van der Waals surface area contributed by atoms with Gasteiger partial charge in [0.2, 0.25) is 0 Å². The Morgan fingerprint density at radius 3 is 1.06 bits per heavy atom. The van der Waals surface area contributed by atoms with E-state index in [9.17, 15) is 48.3 Å². The van der Waals surface area contributed by atoms with Crippen LogP contribution in [-0.2, 0) is 0 Å². The molecule has 11 heteroatoms. The Balaban J connectivity index is 5.67. The molecule has 0 aliphatic heterocycles. The van der Waals surface area contributed by atoms with E-state index in [1.807, 2.05) is 0 Å². The van der Waals surface area contributed by atoms with Crippen LogP contribution in [0.2, 0.25) is 0 Å². The monoisotopic (exact) mass is 282 g/mol. The van der Waals surface area contributed by atoms with Crippen molar-refractivity contribution in [3.63, 3.8) is 0 Å². The summed E-state index contributed by atoms with van der Waals surface area (Å²) < 4.78 is 128. The molecule has 0 aromatic carbocycles. The first-order chi connectivity index (χ1) is 7.09. The van der Waals surface area contributed by atoms with Gasteiger partial charge in [0.1, 0.15) is 5.57 Å². The Morgan fingerprint density at radius 2 is 0.882 bits per heavy atom. The lowest BCUT2D eigenvalue weighted by Crippen LogP contribution is -2.38. The Kier molecular flexibility index (Phi) is 3.77. The summed E-state index contributed by atoms with van der Waals surface area (Å²) >= 11 is 0. The number of hydrogen-bond donors (Lipinski definition) is 0. The molecule has 0 aliphatic carbocycles. The fraction of sp³-hybridized carbons (Fsp3) is 0.667. The van der Waals surface area contributed by atoms with Crippen molar-refractivity contribution in [2.24, 2.45) is 0 Å². The first-order valence-electron chi connectivity index (χ1n) is 3.41. The molecule has 0 radical (unpaired) electrons. The lowest BCUT2D eigenvalue weighted by atomic mass is 10.1. The van der Waals surface area contributed by atoms with Crippen LogP contribution in [0.5, 0.6) is 0 Å². The summed E-state index contributed by atoms with van der Waals surface area (Å²) in [6, 6.07) is 0. The van der Waals surface area contributed by atoms with Crippen molar-refractivity contribution in [1.29, 1.82) is 0 Å². The Morgan fingerprint density at radius 1 is 0.588 bits per heavy atom. The van der Waals surface area contributed by atoms with Gasteiger partial charge in [-0.1, -0.05) is 0 Å². The van der Waals surface area contributed by atoms with Gasteiger partial charge in [0, 0.05) is 6.08 Å². The smallest absolute Gasteiger partial charge is 0.191 e. The van der Waals surface area contributed by atoms with Crippen LogP contribution in [0.1, 0.15) is 0 Å². The van der Waals surface area contributed by atoms with Gasteiger partial charge in [-0.25, -0.2) is 0 Å². The molecule has 0 rings (SSSR count). The van der Waals surface area contributed by atoms with Crippen LogP contribution in [-0.4, -0.2) is 24.5 Å². The fourth-order valence-corrected chi connectivity index (χ4v) is 0.587. The highest BCUT2D eigenvalue weighted by molar-refractivity contribution is 5.20. The van der Waals surface area contributed by atoms with Crippen molar-refractivity contribution in [3.05, 3.63) is 11.6 Å². The maximum absolute atomic E-state index is 12.0. The van der Waals surface area contributed by atoms with Gasteiger partial charge < -0.3 is 0 Å². The SMILES string of the molecule is FC(F)(F)C(=CC(F)(F)C(F)(F)F)C(F)(F)F. The van der Waals surface area contributed by atoms with Crippen molar-refractivity contribution in [2.75, 3.05) is 0 Å². The first kappa shape index (κ1) is 16.0. The van der Waals surface area contributed by atoms with Crippen LogP contribution in [0, 0.1) is 0 Å². The molecule has 102 valence electrons. The number of rotatable bonds is 1. The van der Waals surface area contributed by atoms with Crippen molar-refractivity contribution >= 4 is 0 Å². The minimum atomic E-state index is -6.55. The molecular weight excluding hydrogens is 281 g/mol. The molecule has 0 atom stereocenters. The van der Waals surface area contributed by atoms with Crippen molar-refractivity contribution < 1.29 is 48.3 Å². The molecule has 0 fully saturated rings. The molecule has 0 unspecified atom stereocenters. The Bertz CT molecular complexity index is 281. The summed E-state index contributed by atoms with van der Waals surface area (Å²) in [5, 5.41) is 0. The third kappa shape index (κ3) is 4.04. The summed E-state index contributed by atoms with van der Waals surface area (Å²) in [4.78, 5) is 0. The topological polar surface area (TPSA) is 0 Å². The molecule has 0 saturated carbocycles. The van der Waals surface area contributed by atoms with E-state index in [1.54, 1.807) is 0 Å². The summed E-state index contributed by atoms with van der Waals surface area (Å²) in [7, 11) is 0. The highest BCUT2D eigenvalue weighted by Gasteiger charge is 2.60. The van der Waals surface area contributed by atoms with Crippen LogP contribution >= 0.6 is 0 Å². The first-order valence-corrected chi connectivity index (χ1v) is 3.41. The van der Waals surface area contributed by atoms with E-state index < -0.39 is 36.1 Å². The fourth-order valence-electron chi connectivity index (χ4n) is 0.587. The maximum Gasteiger partial charge on any atom is 0.457 e. The molecule has 0 aliphatic rings. The third-order valence-electron chi connectivity index (χ3n) is 1.31. The molecule has 0 aromatic rings. The number of halogens is 11. The quantitative estimate of drug-likeness (QED) is 0.498. The predicted molar refractivity (Wildman–Crippen MR) is 31.2 cm³/mol. The van der Waals surface area contributed by atoms with Crippen LogP contribution < -0.4 is 0 Å². The lowest BCUT2D eigenvalue weighted by molar-refractivity contribution is -0.262. The van der Waals surface area contributed by atoms with Crippen LogP contribution in [0.25, 0.3) is 0 Å². The van der Waals surface area contributed by atoms with Gasteiger partial charge in [-0.3, -0.25) is 0 Å². The zero-order chi connectivity index (χ0) is 14.3. The van der Waals surface area contributed by atoms with Gasteiger partial charge in [-0.15, -0.1) is 0 Å². The van der Waals surface area contributed by atoms with Crippen LogP contribution in [0.15, 0.2) is 11.6 Å². The Hall–Kier alpha value is -1.03. The minimum Gasteiger partial charge on any atom is -0.191 e. The zero-order valence-corrected chi connectivity index (χ0v) is 7.23.